The third-order valence-electron chi connectivity index (χ3n) is 4.31. The first-order valence-electron chi connectivity index (χ1n) is 9.49. The second kappa shape index (κ2) is 9.38. The monoisotopic (exact) mass is 379 g/mol. The van der Waals surface area contributed by atoms with Crippen molar-refractivity contribution in [2.45, 2.75) is 6.61 Å². The second-order valence-corrected chi connectivity index (χ2v) is 6.51. The van der Waals surface area contributed by atoms with Gasteiger partial charge in [0, 0.05) is 6.21 Å². The fourth-order valence-corrected chi connectivity index (χ4v) is 2.76. The van der Waals surface area contributed by atoms with Gasteiger partial charge in [-0.3, -0.25) is 4.99 Å². The van der Waals surface area contributed by atoms with E-state index in [4.69, 9.17) is 9.47 Å². The second-order valence-electron chi connectivity index (χ2n) is 6.51. The molecule has 0 heterocycles. The highest BCUT2D eigenvalue weighted by Gasteiger charge is 1.98. The number of hydrogen-bond donors (Lipinski definition) is 0. The maximum Gasteiger partial charge on any atom is 0.127 e. The summed E-state index contributed by atoms with van der Waals surface area (Å²) in [4.78, 5) is 4.53. The first-order valence-corrected chi connectivity index (χ1v) is 9.49. The van der Waals surface area contributed by atoms with Crippen molar-refractivity contribution < 1.29 is 9.47 Å². The third kappa shape index (κ3) is 5.56. The zero-order valence-corrected chi connectivity index (χ0v) is 15.9. The molecule has 3 nitrogen and oxygen atoms in total. The Morgan fingerprint density at radius 2 is 1.17 bits per heavy atom. The fraction of sp³-hybridized carbons (Fsp3) is 0.0385. The van der Waals surface area contributed by atoms with Crippen molar-refractivity contribution in [1.29, 1.82) is 0 Å². The summed E-state index contributed by atoms with van der Waals surface area (Å²) in [5, 5.41) is 0. The van der Waals surface area contributed by atoms with E-state index in [0.717, 1.165) is 34.1 Å². The highest BCUT2D eigenvalue weighted by Crippen LogP contribution is 2.23. The van der Waals surface area contributed by atoms with Crippen LogP contribution in [-0.4, -0.2) is 6.21 Å². The molecule has 0 saturated heterocycles. The Kier molecular flexibility index (Phi) is 5.99. The lowest BCUT2D eigenvalue weighted by Crippen LogP contribution is -1.94. The molecule has 0 radical (unpaired) electrons. The molecule has 0 aliphatic heterocycles. The highest BCUT2D eigenvalue weighted by molar-refractivity contribution is 5.82. The van der Waals surface area contributed by atoms with Gasteiger partial charge in [0.15, 0.2) is 0 Å². The third-order valence-corrected chi connectivity index (χ3v) is 4.31. The van der Waals surface area contributed by atoms with Crippen LogP contribution in [0.3, 0.4) is 0 Å². The lowest BCUT2D eigenvalue weighted by atomic mass is 10.2. The summed E-state index contributed by atoms with van der Waals surface area (Å²) in [6.07, 6.45) is 1.84. The molecule has 0 aliphatic rings. The smallest absolute Gasteiger partial charge is 0.127 e. The average Bonchev–Trinajstić information content (AvgIpc) is 2.79. The van der Waals surface area contributed by atoms with Crippen molar-refractivity contribution in [2.75, 3.05) is 0 Å². The van der Waals surface area contributed by atoms with Crippen LogP contribution in [0.15, 0.2) is 114 Å². The molecular weight excluding hydrogens is 358 g/mol. The summed E-state index contributed by atoms with van der Waals surface area (Å²) in [6.45, 7) is 0.561. The summed E-state index contributed by atoms with van der Waals surface area (Å²) in [5.74, 6) is 2.45. The predicted molar refractivity (Wildman–Crippen MR) is 117 cm³/mol. The molecule has 0 aromatic heterocycles. The van der Waals surface area contributed by atoms with Gasteiger partial charge in [-0.25, -0.2) is 0 Å². The van der Waals surface area contributed by atoms with Gasteiger partial charge in [-0.1, -0.05) is 48.5 Å². The average molecular weight is 379 g/mol. The Labute approximate surface area is 170 Å². The molecule has 4 rings (SSSR count). The van der Waals surface area contributed by atoms with Gasteiger partial charge >= 0.3 is 0 Å². The number of nitrogens with zero attached hydrogens (tertiary/aromatic N) is 1. The Morgan fingerprint density at radius 1 is 0.586 bits per heavy atom. The minimum absolute atomic E-state index is 0.561. The van der Waals surface area contributed by atoms with E-state index in [9.17, 15) is 0 Å². The van der Waals surface area contributed by atoms with Crippen molar-refractivity contribution >= 4 is 11.9 Å². The van der Waals surface area contributed by atoms with E-state index in [-0.39, 0.29) is 0 Å². The minimum atomic E-state index is 0.561. The minimum Gasteiger partial charge on any atom is -0.489 e. The zero-order valence-electron chi connectivity index (χ0n) is 15.9. The van der Waals surface area contributed by atoms with Crippen LogP contribution in [0.5, 0.6) is 17.2 Å². The van der Waals surface area contributed by atoms with Crippen molar-refractivity contribution in [3.8, 4) is 17.2 Å². The van der Waals surface area contributed by atoms with E-state index in [2.05, 4.69) is 17.1 Å². The standard InChI is InChI=1S/C26H21NO2/c1-3-7-22(8-4-1)20-28-24-15-11-21(12-16-24)19-27-23-13-17-26(18-14-23)29-25-9-5-2-6-10-25/h1-19H,20H2. The Bertz CT molecular complexity index is 1040. The van der Waals surface area contributed by atoms with Crippen LogP contribution in [0.25, 0.3) is 0 Å². The molecule has 0 fully saturated rings. The summed E-state index contributed by atoms with van der Waals surface area (Å²) >= 11 is 0. The molecule has 0 spiro atoms. The molecule has 4 aromatic rings. The van der Waals surface area contributed by atoms with E-state index < -0.39 is 0 Å². The van der Waals surface area contributed by atoms with Crippen LogP contribution in [0, 0.1) is 0 Å². The first kappa shape index (κ1) is 18.5. The van der Waals surface area contributed by atoms with Crippen molar-refractivity contribution in [3.63, 3.8) is 0 Å². The van der Waals surface area contributed by atoms with E-state index in [1.54, 1.807) is 0 Å². The van der Waals surface area contributed by atoms with Gasteiger partial charge in [0.25, 0.3) is 0 Å². The van der Waals surface area contributed by atoms with Gasteiger partial charge < -0.3 is 9.47 Å². The molecule has 29 heavy (non-hydrogen) atoms. The molecular formula is C26H21NO2. The van der Waals surface area contributed by atoms with Crippen molar-refractivity contribution in [1.82, 2.24) is 0 Å². The van der Waals surface area contributed by atoms with E-state index in [1.165, 1.54) is 0 Å². The normalized spacial score (nSPS) is 10.8. The summed E-state index contributed by atoms with van der Waals surface area (Å²) in [7, 11) is 0. The van der Waals surface area contributed by atoms with Crippen LogP contribution >= 0.6 is 0 Å². The molecule has 0 saturated carbocycles. The largest absolute Gasteiger partial charge is 0.489 e. The Hall–Kier alpha value is -3.85. The number of ether oxygens (including phenoxy) is 2. The van der Waals surface area contributed by atoms with Gasteiger partial charge in [-0.15, -0.1) is 0 Å². The van der Waals surface area contributed by atoms with Crippen LogP contribution in [-0.2, 0) is 6.61 Å². The Balaban J connectivity index is 1.32. The number of rotatable bonds is 7. The summed E-state index contributed by atoms with van der Waals surface area (Å²) in [6, 6.07) is 35.5. The quantitative estimate of drug-likeness (QED) is 0.330. The van der Waals surface area contributed by atoms with Crippen molar-refractivity contribution in [2.24, 2.45) is 4.99 Å². The number of para-hydroxylation sites is 1. The van der Waals surface area contributed by atoms with Gasteiger partial charge in [0.05, 0.1) is 5.69 Å². The molecule has 0 N–H and O–H groups in total. The van der Waals surface area contributed by atoms with Crippen molar-refractivity contribution in [3.05, 3.63) is 120 Å². The SMILES string of the molecule is C(=Nc1ccc(Oc2ccccc2)cc1)c1ccc(OCc2ccccc2)cc1. The van der Waals surface area contributed by atoms with Gasteiger partial charge in [-0.2, -0.15) is 0 Å². The van der Waals surface area contributed by atoms with Gasteiger partial charge in [-0.05, 0) is 71.8 Å². The Morgan fingerprint density at radius 3 is 1.86 bits per heavy atom. The number of benzene rings is 4. The molecule has 3 heteroatoms. The van der Waals surface area contributed by atoms with E-state index in [1.807, 2.05) is 103 Å². The maximum absolute atomic E-state index is 5.81. The van der Waals surface area contributed by atoms with Crippen LogP contribution in [0.4, 0.5) is 5.69 Å². The predicted octanol–water partition coefficient (Wildman–Crippen LogP) is 6.81. The molecule has 0 atom stereocenters. The maximum atomic E-state index is 5.81. The summed E-state index contributed by atoms with van der Waals surface area (Å²) in [5.41, 5.74) is 3.04. The first-order chi connectivity index (χ1) is 14.3. The van der Waals surface area contributed by atoms with Gasteiger partial charge in [0.2, 0.25) is 0 Å². The van der Waals surface area contributed by atoms with E-state index >= 15 is 0 Å². The fourth-order valence-electron chi connectivity index (χ4n) is 2.76. The van der Waals surface area contributed by atoms with Crippen LogP contribution < -0.4 is 9.47 Å². The summed E-state index contributed by atoms with van der Waals surface area (Å²) < 4.78 is 11.6. The topological polar surface area (TPSA) is 30.8 Å². The highest BCUT2D eigenvalue weighted by atomic mass is 16.5. The molecule has 0 aliphatic carbocycles. The number of aliphatic imine (C=N–C) groups is 1. The van der Waals surface area contributed by atoms with Crippen LogP contribution in [0.2, 0.25) is 0 Å². The zero-order chi connectivity index (χ0) is 19.7. The molecule has 0 unspecified atom stereocenters. The van der Waals surface area contributed by atoms with E-state index in [0.29, 0.717) is 6.61 Å². The lowest BCUT2D eigenvalue weighted by molar-refractivity contribution is 0.306. The lowest BCUT2D eigenvalue weighted by Gasteiger charge is -2.06. The number of hydrogen-bond acceptors (Lipinski definition) is 3. The molecule has 0 bridgehead atoms. The molecule has 4 aromatic carbocycles. The van der Waals surface area contributed by atoms with Crippen LogP contribution in [0.1, 0.15) is 11.1 Å². The molecule has 142 valence electrons. The molecule has 0 amide bonds. The van der Waals surface area contributed by atoms with Gasteiger partial charge in [0.1, 0.15) is 23.9 Å².